The molecular weight excluding hydrogens is 224 g/mol. The molecule has 7 heteroatoms. The summed E-state index contributed by atoms with van der Waals surface area (Å²) in [4.78, 5) is 11.1. The van der Waals surface area contributed by atoms with E-state index in [2.05, 4.69) is 15.7 Å². The van der Waals surface area contributed by atoms with Crippen LogP contribution in [0.15, 0.2) is 12.4 Å². The van der Waals surface area contributed by atoms with Crippen LogP contribution >= 0.6 is 0 Å². The van der Waals surface area contributed by atoms with E-state index in [4.69, 9.17) is 9.47 Å². The van der Waals surface area contributed by atoms with Crippen LogP contribution in [0.2, 0.25) is 0 Å². The van der Waals surface area contributed by atoms with Gasteiger partial charge in [-0.3, -0.25) is 9.48 Å². The molecule has 1 aromatic heterocycles. The molecule has 0 radical (unpaired) electrons. The smallest absolute Gasteiger partial charge is 0.241 e. The number of nitrogens with one attached hydrogen (secondary N) is 2. The molecule has 17 heavy (non-hydrogen) atoms. The summed E-state index contributed by atoms with van der Waals surface area (Å²) < 4.78 is 11.6. The molecule has 0 aromatic carbocycles. The summed E-state index contributed by atoms with van der Waals surface area (Å²) in [5, 5.41) is 9.67. The van der Waals surface area contributed by atoms with Crippen LogP contribution in [0.3, 0.4) is 0 Å². The minimum atomic E-state index is -0.308. The number of nitrogens with zero attached hydrogens (tertiary/aromatic N) is 2. The first-order chi connectivity index (χ1) is 8.19. The van der Waals surface area contributed by atoms with Gasteiger partial charge in [-0.05, 0) is 0 Å². The Morgan fingerprint density at radius 1 is 1.53 bits per heavy atom. The molecule has 0 aliphatic carbocycles. The number of hydrogen-bond acceptors (Lipinski definition) is 5. The van der Waals surface area contributed by atoms with Gasteiger partial charge in [-0.15, -0.1) is 0 Å². The first-order valence-corrected chi connectivity index (χ1v) is 5.22. The lowest BCUT2D eigenvalue weighted by Gasteiger charge is -2.13. The molecule has 1 rings (SSSR count). The second-order valence-corrected chi connectivity index (χ2v) is 3.38. The lowest BCUT2D eigenvalue weighted by molar-refractivity contribution is -0.121. The van der Waals surface area contributed by atoms with Crippen LogP contribution in [0.5, 0.6) is 0 Å². The Morgan fingerprint density at radius 3 is 2.82 bits per heavy atom. The normalized spacial score (nSPS) is 10.6. The van der Waals surface area contributed by atoms with Crippen molar-refractivity contribution in [2.24, 2.45) is 0 Å². The van der Waals surface area contributed by atoms with Crippen molar-refractivity contribution in [3.63, 3.8) is 0 Å². The number of likely N-dealkylation sites (N-methyl/N-ethyl adjacent to an activating group) is 1. The van der Waals surface area contributed by atoms with Gasteiger partial charge >= 0.3 is 0 Å². The van der Waals surface area contributed by atoms with E-state index < -0.39 is 0 Å². The van der Waals surface area contributed by atoms with E-state index in [0.29, 0.717) is 6.54 Å². The van der Waals surface area contributed by atoms with Gasteiger partial charge < -0.3 is 20.1 Å². The summed E-state index contributed by atoms with van der Waals surface area (Å²) in [6.45, 7) is 0.717. The van der Waals surface area contributed by atoms with Crippen molar-refractivity contribution in [2.45, 2.75) is 12.8 Å². The fraction of sp³-hybridized carbons (Fsp3) is 0.600. The molecular formula is C10H18N4O3. The molecule has 0 unspecified atom stereocenters. The fourth-order valence-corrected chi connectivity index (χ4v) is 1.23. The Balaban J connectivity index is 2.42. The second-order valence-electron chi connectivity index (χ2n) is 3.38. The average Bonchev–Trinajstić information content (AvgIpc) is 2.78. The van der Waals surface area contributed by atoms with Crippen molar-refractivity contribution in [1.82, 2.24) is 15.1 Å². The molecule has 0 fully saturated rings. The number of hydrogen-bond donors (Lipinski definition) is 2. The van der Waals surface area contributed by atoms with Crippen LogP contribution in [-0.2, 0) is 20.8 Å². The molecule has 0 aliphatic rings. The highest BCUT2D eigenvalue weighted by atomic mass is 16.7. The van der Waals surface area contributed by atoms with Crippen molar-refractivity contribution in [2.75, 3.05) is 33.1 Å². The highest BCUT2D eigenvalue weighted by Gasteiger charge is 2.06. The third-order valence-electron chi connectivity index (χ3n) is 2.22. The maximum Gasteiger partial charge on any atom is 0.241 e. The minimum Gasteiger partial charge on any atom is -0.377 e. The van der Waals surface area contributed by atoms with Gasteiger partial charge in [-0.1, -0.05) is 0 Å². The molecule has 2 N–H and O–H groups in total. The molecule has 0 spiro atoms. The van der Waals surface area contributed by atoms with Gasteiger partial charge in [0.05, 0.1) is 18.4 Å². The highest BCUT2D eigenvalue weighted by Crippen LogP contribution is 2.05. The number of amides is 1. The van der Waals surface area contributed by atoms with Gasteiger partial charge in [-0.2, -0.15) is 5.10 Å². The van der Waals surface area contributed by atoms with E-state index in [-0.39, 0.29) is 18.7 Å². The van der Waals surface area contributed by atoms with E-state index >= 15 is 0 Å². The van der Waals surface area contributed by atoms with Crippen molar-refractivity contribution in [3.8, 4) is 0 Å². The number of anilines is 1. The van der Waals surface area contributed by atoms with E-state index in [0.717, 1.165) is 5.69 Å². The molecule has 0 atom stereocenters. The number of methoxy groups -OCH3 is 2. The molecule has 1 heterocycles. The standard InChI is InChI=1S/C10H18N4O3/c1-11-9(15)7-14-6-8(4-13-14)12-5-10(16-2)17-3/h4,6,10,12H,5,7H2,1-3H3,(H,11,15). The summed E-state index contributed by atoms with van der Waals surface area (Å²) in [6.07, 6.45) is 3.08. The summed E-state index contributed by atoms with van der Waals surface area (Å²) in [5.74, 6) is -0.0914. The SMILES string of the molecule is CNC(=O)Cn1cc(NCC(OC)OC)cn1. The summed E-state index contributed by atoms with van der Waals surface area (Å²) in [6, 6.07) is 0. The van der Waals surface area contributed by atoms with E-state index in [1.807, 2.05) is 0 Å². The number of carbonyl (C=O) groups is 1. The molecule has 1 amide bonds. The zero-order valence-corrected chi connectivity index (χ0v) is 10.3. The quantitative estimate of drug-likeness (QED) is 0.640. The second kappa shape index (κ2) is 6.87. The predicted octanol–water partition coefficient (Wildman–Crippen LogP) is -0.340. The Morgan fingerprint density at radius 2 is 2.24 bits per heavy atom. The molecule has 0 bridgehead atoms. The number of rotatable bonds is 7. The van der Waals surface area contributed by atoms with Crippen LogP contribution in [-0.4, -0.2) is 49.8 Å². The number of ether oxygens (including phenoxy) is 2. The maximum atomic E-state index is 11.1. The number of carbonyl (C=O) groups excluding carboxylic acids is 1. The molecule has 1 aromatic rings. The van der Waals surface area contributed by atoms with Crippen LogP contribution in [0.4, 0.5) is 5.69 Å². The lowest BCUT2D eigenvalue weighted by atomic mass is 10.5. The molecule has 0 saturated heterocycles. The summed E-state index contributed by atoms with van der Waals surface area (Å²) in [5.41, 5.74) is 0.813. The molecule has 7 nitrogen and oxygen atoms in total. The van der Waals surface area contributed by atoms with Gasteiger partial charge in [0.1, 0.15) is 6.54 Å². The van der Waals surface area contributed by atoms with Crippen molar-refractivity contribution in [1.29, 1.82) is 0 Å². The Kier molecular flexibility index (Phi) is 5.44. The molecule has 0 saturated carbocycles. The van der Waals surface area contributed by atoms with Crippen LogP contribution in [0, 0.1) is 0 Å². The zero-order valence-electron chi connectivity index (χ0n) is 10.3. The van der Waals surface area contributed by atoms with Crippen LogP contribution < -0.4 is 10.6 Å². The van der Waals surface area contributed by atoms with Crippen molar-refractivity contribution >= 4 is 11.6 Å². The van der Waals surface area contributed by atoms with Crippen LogP contribution in [0.25, 0.3) is 0 Å². The molecule has 0 aliphatic heterocycles. The highest BCUT2D eigenvalue weighted by molar-refractivity contribution is 5.75. The fourth-order valence-electron chi connectivity index (χ4n) is 1.23. The first-order valence-electron chi connectivity index (χ1n) is 5.22. The third kappa shape index (κ3) is 4.41. The Labute approximate surface area is 100 Å². The van der Waals surface area contributed by atoms with Gasteiger partial charge in [0, 0.05) is 27.5 Å². The largest absolute Gasteiger partial charge is 0.377 e. The topological polar surface area (TPSA) is 77.4 Å². The van der Waals surface area contributed by atoms with Gasteiger partial charge in [-0.25, -0.2) is 0 Å². The number of aromatic nitrogens is 2. The first kappa shape index (κ1) is 13.5. The molecule has 96 valence electrons. The lowest BCUT2D eigenvalue weighted by Crippen LogP contribution is -2.24. The van der Waals surface area contributed by atoms with E-state index in [1.165, 1.54) is 0 Å². The van der Waals surface area contributed by atoms with Crippen LogP contribution in [0.1, 0.15) is 0 Å². The third-order valence-corrected chi connectivity index (χ3v) is 2.22. The zero-order chi connectivity index (χ0) is 12.7. The minimum absolute atomic E-state index is 0.0914. The van der Waals surface area contributed by atoms with Gasteiger partial charge in [0.15, 0.2) is 6.29 Å². The Hall–Kier alpha value is -1.60. The summed E-state index contributed by atoms with van der Waals surface area (Å²) >= 11 is 0. The monoisotopic (exact) mass is 242 g/mol. The van der Waals surface area contributed by atoms with Crippen molar-refractivity contribution in [3.05, 3.63) is 12.4 Å². The summed E-state index contributed by atoms with van der Waals surface area (Å²) in [7, 11) is 4.74. The van der Waals surface area contributed by atoms with Gasteiger partial charge in [0.2, 0.25) is 5.91 Å². The van der Waals surface area contributed by atoms with Crippen molar-refractivity contribution < 1.29 is 14.3 Å². The van der Waals surface area contributed by atoms with E-state index in [9.17, 15) is 4.79 Å². The predicted molar refractivity (Wildman–Crippen MR) is 62.6 cm³/mol. The Bertz CT molecular complexity index is 349. The van der Waals surface area contributed by atoms with Gasteiger partial charge in [0.25, 0.3) is 0 Å². The maximum absolute atomic E-state index is 11.1. The van der Waals surface area contributed by atoms with E-state index in [1.54, 1.807) is 38.3 Å². The average molecular weight is 242 g/mol.